The molecule has 0 aromatic heterocycles. The van der Waals surface area contributed by atoms with Crippen LogP contribution in [0.4, 0.5) is 0 Å². The minimum Gasteiger partial charge on any atom is -0.327 e. The summed E-state index contributed by atoms with van der Waals surface area (Å²) in [6.07, 6.45) is 17.3. The van der Waals surface area contributed by atoms with Crippen LogP contribution < -0.4 is 5.73 Å². The summed E-state index contributed by atoms with van der Waals surface area (Å²) >= 11 is 0. The fourth-order valence-electron chi connectivity index (χ4n) is 3.36. The minimum absolute atomic E-state index is 0.158. The Morgan fingerprint density at radius 1 is 0.900 bits per heavy atom. The molecule has 0 saturated heterocycles. The van der Waals surface area contributed by atoms with Crippen molar-refractivity contribution in [1.29, 1.82) is 0 Å². The first-order valence-corrected chi connectivity index (χ1v) is 9.04. The predicted octanol–water partition coefficient (Wildman–Crippen LogP) is 4.99. The maximum Gasteiger partial charge on any atom is 0.137 e. The van der Waals surface area contributed by atoms with Gasteiger partial charge in [0.25, 0.3) is 0 Å². The van der Waals surface area contributed by atoms with Gasteiger partial charge in [0.05, 0.1) is 0 Å². The van der Waals surface area contributed by atoms with Crippen LogP contribution in [0.15, 0.2) is 0 Å². The van der Waals surface area contributed by atoms with Crippen LogP contribution in [0, 0.1) is 5.92 Å². The smallest absolute Gasteiger partial charge is 0.137 e. The zero-order valence-electron chi connectivity index (χ0n) is 13.5. The number of hydrogen-bond donors (Lipinski definition) is 1. The van der Waals surface area contributed by atoms with Crippen LogP contribution in [0.25, 0.3) is 0 Å². The van der Waals surface area contributed by atoms with E-state index in [0.29, 0.717) is 5.78 Å². The highest BCUT2D eigenvalue weighted by Crippen LogP contribution is 2.26. The van der Waals surface area contributed by atoms with E-state index < -0.39 is 0 Å². The molecule has 2 nitrogen and oxygen atoms in total. The van der Waals surface area contributed by atoms with E-state index in [1.165, 1.54) is 57.8 Å². The van der Waals surface area contributed by atoms with Gasteiger partial charge in [0.15, 0.2) is 0 Å². The fourth-order valence-corrected chi connectivity index (χ4v) is 3.36. The Morgan fingerprint density at radius 2 is 1.45 bits per heavy atom. The van der Waals surface area contributed by atoms with E-state index in [1.54, 1.807) is 0 Å². The monoisotopic (exact) mass is 281 g/mol. The Hall–Kier alpha value is -0.370. The first kappa shape index (κ1) is 17.7. The maximum atomic E-state index is 12.0. The van der Waals surface area contributed by atoms with Gasteiger partial charge in [0, 0.05) is 18.4 Å². The van der Waals surface area contributed by atoms with E-state index >= 15 is 0 Å². The van der Waals surface area contributed by atoms with E-state index in [-0.39, 0.29) is 12.0 Å². The average Bonchev–Trinajstić information content (AvgIpc) is 2.87. The Bertz CT molecular complexity index is 252. The molecule has 0 aliphatic heterocycles. The zero-order chi connectivity index (χ0) is 14.6. The Morgan fingerprint density at radius 3 is 1.95 bits per heavy atom. The van der Waals surface area contributed by atoms with Gasteiger partial charge in [-0.15, -0.1) is 0 Å². The zero-order valence-corrected chi connectivity index (χ0v) is 13.5. The lowest BCUT2D eigenvalue weighted by Crippen LogP contribution is -2.30. The van der Waals surface area contributed by atoms with Crippen molar-refractivity contribution in [2.75, 3.05) is 0 Å². The van der Waals surface area contributed by atoms with Crippen LogP contribution >= 0.6 is 0 Å². The van der Waals surface area contributed by atoms with Crippen LogP contribution in [0.5, 0.6) is 0 Å². The first-order valence-electron chi connectivity index (χ1n) is 9.04. The predicted molar refractivity (Wildman–Crippen MR) is 86.8 cm³/mol. The third-order valence-corrected chi connectivity index (χ3v) is 4.76. The lowest BCUT2D eigenvalue weighted by Gasteiger charge is -2.13. The molecular formula is C18H35NO. The summed E-state index contributed by atoms with van der Waals surface area (Å²) in [5, 5.41) is 0. The van der Waals surface area contributed by atoms with Crippen molar-refractivity contribution in [3.05, 3.63) is 0 Å². The largest absolute Gasteiger partial charge is 0.327 e. The van der Waals surface area contributed by atoms with Crippen molar-refractivity contribution in [2.45, 2.75) is 103 Å². The number of Topliss-reactive ketones (excluding diaryl/α,β-unsaturated/α-hetero) is 1. The van der Waals surface area contributed by atoms with Crippen molar-refractivity contribution in [3.63, 3.8) is 0 Å². The molecule has 2 unspecified atom stereocenters. The van der Waals surface area contributed by atoms with Crippen molar-refractivity contribution in [1.82, 2.24) is 0 Å². The molecule has 0 heterocycles. The maximum absolute atomic E-state index is 12.0. The quantitative estimate of drug-likeness (QED) is 0.512. The number of rotatable bonds is 12. The summed E-state index contributed by atoms with van der Waals surface area (Å²) in [4.78, 5) is 12.0. The molecule has 0 amide bonds. The number of hydrogen-bond acceptors (Lipinski definition) is 2. The highest BCUT2D eigenvalue weighted by Gasteiger charge is 2.29. The van der Waals surface area contributed by atoms with Crippen molar-refractivity contribution >= 4 is 5.78 Å². The molecule has 20 heavy (non-hydrogen) atoms. The SMILES string of the molecule is CCCCCCCCCCCCC(=O)C1CCCC1N. The summed E-state index contributed by atoms with van der Waals surface area (Å²) in [6.45, 7) is 2.26. The molecule has 0 radical (unpaired) electrons. The Labute approximate surface area is 125 Å². The molecule has 0 aromatic rings. The summed E-state index contributed by atoms with van der Waals surface area (Å²) in [6, 6.07) is 0.158. The Kier molecular flexibility index (Phi) is 10.00. The van der Waals surface area contributed by atoms with Crippen molar-refractivity contribution in [3.8, 4) is 0 Å². The first-order chi connectivity index (χ1) is 9.75. The Balaban J connectivity index is 1.86. The van der Waals surface area contributed by atoms with E-state index in [9.17, 15) is 4.79 Å². The highest BCUT2D eigenvalue weighted by molar-refractivity contribution is 5.81. The topological polar surface area (TPSA) is 43.1 Å². The van der Waals surface area contributed by atoms with Gasteiger partial charge in [0.1, 0.15) is 5.78 Å². The second-order valence-corrected chi connectivity index (χ2v) is 6.60. The molecule has 0 aromatic carbocycles. The number of unbranched alkanes of at least 4 members (excludes halogenated alkanes) is 9. The van der Waals surface area contributed by atoms with E-state index in [1.807, 2.05) is 0 Å². The lowest BCUT2D eigenvalue weighted by atomic mass is 9.94. The van der Waals surface area contributed by atoms with Gasteiger partial charge >= 0.3 is 0 Å². The summed E-state index contributed by atoms with van der Waals surface area (Å²) < 4.78 is 0. The van der Waals surface area contributed by atoms with Gasteiger partial charge in [-0.3, -0.25) is 4.79 Å². The molecule has 1 fully saturated rings. The van der Waals surface area contributed by atoms with Crippen LogP contribution in [-0.2, 0) is 4.79 Å². The number of ketones is 1. The van der Waals surface area contributed by atoms with Gasteiger partial charge < -0.3 is 5.73 Å². The third-order valence-electron chi connectivity index (χ3n) is 4.76. The van der Waals surface area contributed by atoms with Gasteiger partial charge in [-0.1, -0.05) is 71.1 Å². The molecule has 2 N–H and O–H groups in total. The third kappa shape index (κ3) is 7.42. The highest BCUT2D eigenvalue weighted by atomic mass is 16.1. The average molecular weight is 281 g/mol. The van der Waals surface area contributed by atoms with Crippen molar-refractivity contribution < 1.29 is 4.79 Å². The second-order valence-electron chi connectivity index (χ2n) is 6.60. The molecule has 1 aliphatic rings. The van der Waals surface area contributed by atoms with E-state index in [4.69, 9.17) is 5.73 Å². The summed E-state index contributed by atoms with van der Waals surface area (Å²) in [7, 11) is 0. The standard InChI is InChI=1S/C18H35NO/c1-2-3-4-5-6-7-8-9-10-11-15-18(20)16-13-12-14-17(16)19/h16-17H,2-15,19H2,1H3. The second kappa shape index (κ2) is 11.3. The molecule has 2 heteroatoms. The normalized spacial score (nSPS) is 22.3. The van der Waals surface area contributed by atoms with Crippen LogP contribution in [0.3, 0.4) is 0 Å². The van der Waals surface area contributed by atoms with Gasteiger partial charge in [0.2, 0.25) is 0 Å². The minimum atomic E-state index is 0.158. The van der Waals surface area contributed by atoms with Gasteiger partial charge in [-0.2, -0.15) is 0 Å². The summed E-state index contributed by atoms with van der Waals surface area (Å²) in [5.41, 5.74) is 5.98. The summed E-state index contributed by atoms with van der Waals surface area (Å²) in [5.74, 6) is 0.628. The lowest BCUT2D eigenvalue weighted by molar-refractivity contribution is -0.123. The molecule has 1 aliphatic carbocycles. The molecule has 118 valence electrons. The number of carbonyl (C=O) groups excluding carboxylic acids is 1. The van der Waals surface area contributed by atoms with Gasteiger partial charge in [-0.05, 0) is 19.3 Å². The van der Waals surface area contributed by atoms with Crippen LogP contribution in [0.2, 0.25) is 0 Å². The molecule has 1 saturated carbocycles. The van der Waals surface area contributed by atoms with Crippen LogP contribution in [-0.4, -0.2) is 11.8 Å². The molecular weight excluding hydrogens is 246 g/mol. The number of carbonyl (C=O) groups is 1. The van der Waals surface area contributed by atoms with Crippen LogP contribution in [0.1, 0.15) is 96.8 Å². The van der Waals surface area contributed by atoms with E-state index in [2.05, 4.69) is 6.92 Å². The molecule has 0 spiro atoms. The molecule has 0 bridgehead atoms. The molecule has 2 atom stereocenters. The van der Waals surface area contributed by atoms with Gasteiger partial charge in [-0.25, -0.2) is 0 Å². The van der Waals surface area contributed by atoms with Crippen molar-refractivity contribution in [2.24, 2.45) is 11.7 Å². The van der Waals surface area contributed by atoms with E-state index in [0.717, 1.165) is 32.1 Å². The molecule has 1 rings (SSSR count). The fraction of sp³-hybridized carbons (Fsp3) is 0.944. The number of nitrogens with two attached hydrogens (primary N) is 1.